The first-order valence-electron chi connectivity index (χ1n) is 13.8. The van der Waals surface area contributed by atoms with Crippen LogP contribution in [0.15, 0.2) is 108 Å². The summed E-state index contributed by atoms with van der Waals surface area (Å²) in [4.78, 5) is 29.4. The third kappa shape index (κ3) is 7.96. The first kappa shape index (κ1) is 32.1. The van der Waals surface area contributed by atoms with Gasteiger partial charge < -0.3 is 10.2 Å². The van der Waals surface area contributed by atoms with Crippen molar-refractivity contribution in [2.75, 3.05) is 17.4 Å². The molecule has 0 bridgehead atoms. The molecule has 0 unspecified atom stereocenters. The van der Waals surface area contributed by atoms with Gasteiger partial charge in [-0.15, -0.1) is 0 Å². The molecule has 0 fully saturated rings. The molecular weight excluding hydrogens is 605 g/mol. The number of anilines is 1. The molecule has 10 heteroatoms. The minimum absolute atomic E-state index is 0.0366. The lowest BCUT2D eigenvalue weighted by Crippen LogP contribution is -2.53. The third-order valence-corrected chi connectivity index (χ3v) is 9.41. The van der Waals surface area contributed by atoms with Gasteiger partial charge in [-0.1, -0.05) is 89.9 Å². The summed E-state index contributed by atoms with van der Waals surface area (Å²) < 4.78 is 29.1. The number of nitrogens with one attached hydrogen (secondary N) is 1. The number of amides is 2. The van der Waals surface area contributed by atoms with Crippen molar-refractivity contribution in [3.05, 3.63) is 130 Å². The summed E-state index contributed by atoms with van der Waals surface area (Å²) in [5.74, 6) is -0.972. The van der Waals surface area contributed by atoms with Crippen molar-refractivity contribution in [1.29, 1.82) is 0 Å². The minimum Gasteiger partial charge on any atom is -0.355 e. The van der Waals surface area contributed by atoms with Gasteiger partial charge in [0.25, 0.3) is 10.0 Å². The Bertz CT molecular complexity index is 1650. The van der Waals surface area contributed by atoms with E-state index in [-0.39, 0.29) is 23.8 Å². The van der Waals surface area contributed by atoms with Gasteiger partial charge in [-0.2, -0.15) is 0 Å². The van der Waals surface area contributed by atoms with Gasteiger partial charge in [0, 0.05) is 35.1 Å². The summed E-state index contributed by atoms with van der Waals surface area (Å²) in [5, 5.41) is 3.49. The van der Waals surface area contributed by atoms with E-state index in [1.54, 1.807) is 61.5 Å². The van der Waals surface area contributed by atoms with Crippen molar-refractivity contribution in [2.45, 2.75) is 37.8 Å². The highest BCUT2D eigenvalue weighted by Crippen LogP contribution is 2.29. The van der Waals surface area contributed by atoms with Crippen LogP contribution in [0.4, 0.5) is 5.69 Å². The number of likely N-dealkylation sites (N-methyl/N-ethyl adjacent to an activating group) is 1. The van der Waals surface area contributed by atoms with Gasteiger partial charge in [0.05, 0.1) is 10.6 Å². The molecule has 0 radical (unpaired) electrons. The first-order valence-corrected chi connectivity index (χ1v) is 16.0. The van der Waals surface area contributed by atoms with E-state index < -0.39 is 28.5 Å². The lowest BCUT2D eigenvalue weighted by atomic mass is 10.0. The molecule has 4 rings (SSSR count). The Balaban J connectivity index is 1.82. The molecular formula is C33H33Cl2N3O4S. The summed E-state index contributed by atoms with van der Waals surface area (Å²) in [7, 11) is -4.17. The van der Waals surface area contributed by atoms with Gasteiger partial charge >= 0.3 is 0 Å². The van der Waals surface area contributed by atoms with Crippen LogP contribution in [0, 0.1) is 6.92 Å². The number of aryl methyl sites for hydroxylation is 1. The van der Waals surface area contributed by atoms with E-state index in [2.05, 4.69) is 5.32 Å². The Morgan fingerprint density at radius 2 is 1.44 bits per heavy atom. The van der Waals surface area contributed by atoms with E-state index in [1.807, 2.05) is 43.3 Å². The number of hydrogen-bond donors (Lipinski definition) is 1. The highest BCUT2D eigenvalue weighted by molar-refractivity contribution is 7.92. The van der Waals surface area contributed by atoms with E-state index in [4.69, 9.17) is 23.2 Å². The number of benzene rings is 4. The molecule has 4 aromatic carbocycles. The van der Waals surface area contributed by atoms with E-state index in [9.17, 15) is 18.0 Å². The predicted octanol–water partition coefficient (Wildman–Crippen LogP) is 6.27. The zero-order chi connectivity index (χ0) is 31.0. The van der Waals surface area contributed by atoms with Crippen molar-refractivity contribution < 1.29 is 18.0 Å². The van der Waals surface area contributed by atoms with Crippen LogP contribution in [0.25, 0.3) is 0 Å². The summed E-state index contributed by atoms with van der Waals surface area (Å²) >= 11 is 13.1. The van der Waals surface area contributed by atoms with E-state index in [0.29, 0.717) is 27.8 Å². The van der Waals surface area contributed by atoms with Gasteiger partial charge in [0.2, 0.25) is 11.8 Å². The maximum absolute atomic E-state index is 14.4. The SMILES string of the molecule is CCNC(=O)[C@H](Cc1ccccc1)N(Cc1c(Cl)cccc1Cl)C(=O)CN(c1cccc(C)c1)S(=O)(=O)c1ccccc1. The molecule has 0 saturated carbocycles. The summed E-state index contributed by atoms with van der Waals surface area (Å²) in [6.07, 6.45) is 0.191. The third-order valence-electron chi connectivity index (χ3n) is 6.91. The standard InChI is InChI=1S/C33H33Cl2N3O4S/c1-3-36-33(40)31(21-25-13-6-4-7-14-25)37(22-28-29(34)18-11-19-30(28)35)32(39)23-38(26-15-10-12-24(2)20-26)43(41,42)27-16-8-5-9-17-27/h4-20,31H,3,21-23H2,1-2H3,(H,36,40)/t31-/m0/s1. The zero-order valence-corrected chi connectivity index (χ0v) is 26.2. The molecule has 0 aliphatic carbocycles. The Hall–Kier alpha value is -3.85. The lowest BCUT2D eigenvalue weighted by Gasteiger charge is -2.34. The minimum atomic E-state index is -4.17. The van der Waals surface area contributed by atoms with Crippen molar-refractivity contribution in [2.24, 2.45) is 0 Å². The molecule has 0 aromatic heterocycles. The highest BCUT2D eigenvalue weighted by atomic mass is 35.5. The summed E-state index contributed by atoms with van der Waals surface area (Å²) in [5.41, 5.74) is 2.43. The molecule has 0 saturated heterocycles. The van der Waals surface area contributed by atoms with Crippen molar-refractivity contribution in [3.8, 4) is 0 Å². The Morgan fingerprint density at radius 1 is 0.837 bits per heavy atom. The maximum Gasteiger partial charge on any atom is 0.264 e. The van der Waals surface area contributed by atoms with Crippen LogP contribution in [0.3, 0.4) is 0 Å². The van der Waals surface area contributed by atoms with Crippen LogP contribution < -0.4 is 9.62 Å². The molecule has 2 amide bonds. The number of carbonyl (C=O) groups excluding carboxylic acids is 2. The molecule has 7 nitrogen and oxygen atoms in total. The fraction of sp³-hybridized carbons (Fsp3) is 0.212. The molecule has 224 valence electrons. The molecule has 0 aliphatic heterocycles. The number of nitrogens with zero attached hydrogens (tertiary/aromatic N) is 2. The molecule has 0 aliphatic rings. The second kappa shape index (κ2) is 14.6. The van der Waals surface area contributed by atoms with E-state index >= 15 is 0 Å². The summed E-state index contributed by atoms with van der Waals surface area (Å²) in [6.45, 7) is 3.30. The second-order valence-electron chi connectivity index (χ2n) is 9.99. The van der Waals surface area contributed by atoms with Gasteiger partial charge in [-0.25, -0.2) is 8.42 Å². The molecule has 4 aromatic rings. The van der Waals surface area contributed by atoms with Crippen LogP contribution in [-0.2, 0) is 32.6 Å². The topological polar surface area (TPSA) is 86.8 Å². The van der Waals surface area contributed by atoms with Gasteiger partial charge in [-0.3, -0.25) is 13.9 Å². The predicted molar refractivity (Wildman–Crippen MR) is 172 cm³/mol. The average molecular weight is 639 g/mol. The zero-order valence-electron chi connectivity index (χ0n) is 23.9. The van der Waals surface area contributed by atoms with Gasteiger partial charge in [-0.05, 0) is 61.4 Å². The van der Waals surface area contributed by atoms with E-state index in [0.717, 1.165) is 15.4 Å². The van der Waals surface area contributed by atoms with Crippen LogP contribution in [-0.4, -0.2) is 44.3 Å². The molecule has 1 N–H and O–H groups in total. The van der Waals surface area contributed by atoms with Crippen molar-refractivity contribution >= 4 is 50.7 Å². The first-order chi connectivity index (χ1) is 20.6. The molecule has 43 heavy (non-hydrogen) atoms. The highest BCUT2D eigenvalue weighted by Gasteiger charge is 2.35. The van der Waals surface area contributed by atoms with Crippen molar-refractivity contribution in [3.63, 3.8) is 0 Å². The number of rotatable bonds is 12. The van der Waals surface area contributed by atoms with E-state index in [1.165, 1.54) is 17.0 Å². The number of halogens is 2. The second-order valence-corrected chi connectivity index (χ2v) is 12.7. The lowest BCUT2D eigenvalue weighted by molar-refractivity contribution is -0.140. The van der Waals surface area contributed by atoms with Crippen molar-refractivity contribution in [1.82, 2.24) is 10.2 Å². The number of sulfonamides is 1. The van der Waals surface area contributed by atoms with Crippen LogP contribution in [0.1, 0.15) is 23.6 Å². The molecule has 0 spiro atoms. The number of carbonyl (C=O) groups is 2. The van der Waals surface area contributed by atoms with Crippen LogP contribution in [0.2, 0.25) is 10.0 Å². The fourth-order valence-electron chi connectivity index (χ4n) is 4.73. The van der Waals surface area contributed by atoms with Crippen LogP contribution >= 0.6 is 23.2 Å². The average Bonchev–Trinajstić information content (AvgIpc) is 3.00. The Morgan fingerprint density at radius 3 is 2.05 bits per heavy atom. The van der Waals surface area contributed by atoms with Gasteiger partial charge in [0.1, 0.15) is 12.6 Å². The summed E-state index contributed by atoms with van der Waals surface area (Å²) in [6, 6.07) is 28.2. The largest absolute Gasteiger partial charge is 0.355 e. The fourth-order valence-corrected chi connectivity index (χ4v) is 6.68. The Labute approximate surface area is 263 Å². The Kier molecular flexibility index (Phi) is 10.9. The van der Waals surface area contributed by atoms with Gasteiger partial charge in [0.15, 0.2) is 0 Å². The smallest absolute Gasteiger partial charge is 0.264 e. The number of hydrogen-bond acceptors (Lipinski definition) is 4. The molecule has 1 atom stereocenters. The monoisotopic (exact) mass is 637 g/mol. The normalized spacial score (nSPS) is 11.9. The molecule has 0 heterocycles. The quantitative estimate of drug-likeness (QED) is 0.198. The maximum atomic E-state index is 14.4. The van der Waals surface area contributed by atoms with Crippen LogP contribution in [0.5, 0.6) is 0 Å².